The predicted octanol–water partition coefficient (Wildman–Crippen LogP) is 1.02. The normalized spacial score (nSPS) is 14.3. The molecule has 0 radical (unpaired) electrons. The average Bonchev–Trinajstić information content (AvgIpc) is 2.85. The van der Waals surface area contributed by atoms with Gasteiger partial charge < -0.3 is 32.5 Å². The Bertz CT molecular complexity index is 855. The van der Waals surface area contributed by atoms with E-state index < -0.39 is 47.9 Å². The summed E-state index contributed by atoms with van der Waals surface area (Å²) in [4.78, 5) is 50.8. The van der Waals surface area contributed by atoms with E-state index in [9.17, 15) is 24.3 Å². The van der Waals surface area contributed by atoms with Crippen molar-refractivity contribution in [2.45, 2.75) is 76.5 Å². The molecule has 0 saturated heterocycles. The molecular formula is C26H43N5O5S. The van der Waals surface area contributed by atoms with Crippen LogP contribution in [-0.4, -0.2) is 71.5 Å². The van der Waals surface area contributed by atoms with Crippen molar-refractivity contribution in [2.24, 2.45) is 17.4 Å². The van der Waals surface area contributed by atoms with Crippen LogP contribution in [0.3, 0.4) is 0 Å². The zero-order valence-electron chi connectivity index (χ0n) is 22.1. The number of rotatable bonds is 18. The fourth-order valence-corrected chi connectivity index (χ4v) is 4.22. The van der Waals surface area contributed by atoms with E-state index in [1.54, 1.807) is 0 Å². The number of aliphatic carboxylic acids is 1. The molecule has 0 aliphatic carbocycles. The molecule has 0 bridgehead atoms. The second kappa shape index (κ2) is 17.8. The van der Waals surface area contributed by atoms with Crippen molar-refractivity contribution in [3.8, 4) is 0 Å². The Labute approximate surface area is 224 Å². The van der Waals surface area contributed by atoms with Crippen molar-refractivity contribution in [3.05, 3.63) is 35.9 Å². The van der Waals surface area contributed by atoms with Gasteiger partial charge in [0.05, 0.1) is 6.04 Å². The van der Waals surface area contributed by atoms with Gasteiger partial charge in [-0.1, -0.05) is 44.2 Å². The van der Waals surface area contributed by atoms with E-state index in [4.69, 9.17) is 11.5 Å². The Morgan fingerprint density at radius 3 is 2.05 bits per heavy atom. The lowest BCUT2D eigenvalue weighted by Gasteiger charge is -2.25. The second-order valence-electron chi connectivity index (χ2n) is 9.51. The van der Waals surface area contributed by atoms with E-state index in [0.29, 0.717) is 31.6 Å². The van der Waals surface area contributed by atoms with Crippen LogP contribution < -0.4 is 27.4 Å². The summed E-state index contributed by atoms with van der Waals surface area (Å²) < 4.78 is 0. The van der Waals surface area contributed by atoms with Gasteiger partial charge in [0, 0.05) is 6.42 Å². The van der Waals surface area contributed by atoms with Crippen molar-refractivity contribution in [3.63, 3.8) is 0 Å². The summed E-state index contributed by atoms with van der Waals surface area (Å²) in [5.41, 5.74) is 12.5. The number of carbonyl (C=O) groups excluding carboxylic acids is 3. The highest BCUT2D eigenvalue weighted by Gasteiger charge is 2.30. The number of benzene rings is 1. The molecule has 0 spiro atoms. The molecule has 10 nitrogen and oxygen atoms in total. The third-order valence-electron chi connectivity index (χ3n) is 5.78. The first-order chi connectivity index (χ1) is 17.6. The van der Waals surface area contributed by atoms with Crippen molar-refractivity contribution in [1.29, 1.82) is 0 Å². The van der Waals surface area contributed by atoms with Gasteiger partial charge in [-0.3, -0.25) is 14.4 Å². The van der Waals surface area contributed by atoms with E-state index >= 15 is 0 Å². The Balaban J connectivity index is 3.08. The van der Waals surface area contributed by atoms with E-state index in [1.165, 1.54) is 11.8 Å². The van der Waals surface area contributed by atoms with Crippen LogP contribution in [-0.2, 0) is 25.6 Å². The fourth-order valence-electron chi connectivity index (χ4n) is 3.75. The zero-order valence-corrected chi connectivity index (χ0v) is 22.9. The molecule has 0 aliphatic heterocycles. The highest BCUT2D eigenvalue weighted by atomic mass is 32.2. The number of amides is 3. The number of carboxylic acid groups (broad SMARTS) is 1. The number of carbonyl (C=O) groups is 4. The van der Waals surface area contributed by atoms with Crippen LogP contribution in [0.25, 0.3) is 0 Å². The molecule has 1 aromatic rings. The topological polar surface area (TPSA) is 177 Å². The lowest BCUT2D eigenvalue weighted by atomic mass is 10.0. The highest BCUT2D eigenvalue weighted by Crippen LogP contribution is 2.09. The first-order valence-electron chi connectivity index (χ1n) is 12.7. The van der Waals surface area contributed by atoms with Gasteiger partial charge >= 0.3 is 5.97 Å². The maximum absolute atomic E-state index is 13.4. The molecule has 37 heavy (non-hydrogen) atoms. The van der Waals surface area contributed by atoms with E-state index in [0.717, 1.165) is 5.56 Å². The SMILES string of the molecule is CSCCC(NC(=O)C(CCCCN)NC(=O)C(Cc1ccccc1)NC(=O)C(N)CC(C)C)C(=O)O. The van der Waals surface area contributed by atoms with E-state index in [-0.39, 0.29) is 25.2 Å². The third-order valence-corrected chi connectivity index (χ3v) is 6.43. The van der Waals surface area contributed by atoms with Crippen LogP contribution in [0.4, 0.5) is 0 Å². The van der Waals surface area contributed by atoms with Gasteiger partial charge in [0.15, 0.2) is 0 Å². The van der Waals surface area contributed by atoms with Gasteiger partial charge in [0.1, 0.15) is 18.1 Å². The standard InChI is InChI=1S/C26H43N5O5S/c1-17(2)15-19(28)23(32)31-22(16-18-9-5-4-6-10-18)25(34)29-20(11-7-8-13-27)24(33)30-21(26(35)36)12-14-37-3/h4-6,9-10,17,19-22H,7-8,11-16,27-28H2,1-3H3,(H,29,34)(H,30,33)(H,31,32)(H,35,36). The van der Waals surface area contributed by atoms with Crippen molar-refractivity contribution in [1.82, 2.24) is 16.0 Å². The van der Waals surface area contributed by atoms with Crippen molar-refractivity contribution < 1.29 is 24.3 Å². The quantitative estimate of drug-likeness (QED) is 0.150. The minimum Gasteiger partial charge on any atom is -0.480 e. The van der Waals surface area contributed by atoms with Crippen LogP contribution in [0.2, 0.25) is 0 Å². The number of hydrogen-bond donors (Lipinski definition) is 6. The summed E-state index contributed by atoms with van der Waals surface area (Å²) in [7, 11) is 0. The number of carboxylic acids is 1. The molecule has 0 fully saturated rings. The smallest absolute Gasteiger partial charge is 0.326 e. The minimum atomic E-state index is -1.14. The predicted molar refractivity (Wildman–Crippen MR) is 147 cm³/mol. The first-order valence-corrected chi connectivity index (χ1v) is 14.1. The summed E-state index contributed by atoms with van der Waals surface area (Å²) in [5.74, 6) is -1.95. The molecule has 11 heteroatoms. The number of thioether (sulfide) groups is 1. The van der Waals surface area contributed by atoms with Gasteiger partial charge in [-0.25, -0.2) is 4.79 Å². The van der Waals surface area contributed by atoms with Crippen molar-refractivity contribution in [2.75, 3.05) is 18.6 Å². The monoisotopic (exact) mass is 537 g/mol. The molecule has 3 amide bonds. The molecule has 1 rings (SSSR count). The summed E-state index contributed by atoms with van der Waals surface area (Å²) in [5, 5.41) is 17.5. The summed E-state index contributed by atoms with van der Waals surface area (Å²) in [6.45, 7) is 4.33. The van der Waals surface area contributed by atoms with Crippen LogP contribution in [0.1, 0.15) is 51.5 Å². The number of hydrogen-bond acceptors (Lipinski definition) is 7. The van der Waals surface area contributed by atoms with Gasteiger partial charge in [-0.2, -0.15) is 11.8 Å². The second-order valence-corrected chi connectivity index (χ2v) is 10.5. The Kier molecular flexibility index (Phi) is 15.6. The third kappa shape index (κ3) is 12.9. The van der Waals surface area contributed by atoms with Gasteiger partial charge in [0.2, 0.25) is 17.7 Å². The maximum atomic E-state index is 13.4. The minimum absolute atomic E-state index is 0.200. The summed E-state index contributed by atoms with van der Waals surface area (Å²) >= 11 is 1.48. The Hall–Kier alpha value is -2.63. The first kappa shape index (κ1) is 32.4. The van der Waals surface area contributed by atoms with E-state index in [2.05, 4.69) is 16.0 Å². The average molecular weight is 538 g/mol. The molecule has 0 heterocycles. The number of unbranched alkanes of at least 4 members (excludes halogenated alkanes) is 1. The maximum Gasteiger partial charge on any atom is 0.326 e. The molecule has 0 aliphatic rings. The van der Waals surface area contributed by atoms with Gasteiger partial charge in [-0.05, 0) is 62.1 Å². The van der Waals surface area contributed by atoms with Crippen LogP contribution in [0.15, 0.2) is 30.3 Å². The van der Waals surface area contributed by atoms with Gasteiger partial charge in [-0.15, -0.1) is 0 Å². The zero-order chi connectivity index (χ0) is 27.8. The number of nitrogens with one attached hydrogen (secondary N) is 3. The van der Waals surface area contributed by atoms with Crippen LogP contribution >= 0.6 is 11.8 Å². The van der Waals surface area contributed by atoms with Crippen LogP contribution in [0.5, 0.6) is 0 Å². The molecule has 8 N–H and O–H groups in total. The molecule has 0 aromatic heterocycles. The molecular weight excluding hydrogens is 494 g/mol. The molecule has 4 unspecified atom stereocenters. The molecule has 4 atom stereocenters. The molecule has 208 valence electrons. The highest BCUT2D eigenvalue weighted by molar-refractivity contribution is 7.98. The summed E-state index contributed by atoms with van der Waals surface area (Å²) in [6, 6.07) is 5.42. The lowest BCUT2D eigenvalue weighted by Crippen LogP contribution is -2.57. The molecule has 0 saturated carbocycles. The molecule has 1 aromatic carbocycles. The lowest BCUT2D eigenvalue weighted by molar-refractivity contribution is -0.142. The van der Waals surface area contributed by atoms with Gasteiger partial charge in [0.25, 0.3) is 0 Å². The Morgan fingerprint density at radius 1 is 0.892 bits per heavy atom. The largest absolute Gasteiger partial charge is 0.480 e. The Morgan fingerprint density at radius 2 is 1.49 bits per heavy atom. The van der Waals surface area contributed by atoms with Crippen molar-refractivity contribution >= 4 is 35.5 Å². The van der Waals surface area contributed by atoms with E-state index in [1.807, 2.05) is 50.4 Å². The number of nitrogens with two attached hydrogens (primary N) is 2. The van der Waals surface area contributed by atoms with Crippen LogP contribution in [0, 0.1) is 5.92 Å². The summed E-state index contributed by atoms with van der Waals surface area (Å²) in [6.07, 6.45) is 4.26. The fraction of sp³-hybridized carbons (Fsp3) is 0.615.